The number of pyridine rings is 1. The first-order chi connectivity index (χ1) is 16.9. The summed E-state index contributed by atoms with van der Waals surface area (Å²) in [5.41, 5.74) is 2.17. The van der Waals surface area contributed by atoms with E-state index in [2.05, 4.69) is 29.7 Å². The molecule has 1 fully saturated rings. The van der Waals surface area contributed by atoms with Crippen molar-refractivity contribution in [2.45, 2.75) is 50.9 Å². The van der Waals surface area contributed by atoms with Crippen molar-refractivity contribution in [2.24, 2.45) is 0 Å². The normalized spacial score (nSPS) is 17.6. The number of amides is 1. The third kappa shape index (κ3) is 7.37. The minimum absolute atomic E-state index is 0.00169. The Labute approximate surface area is 203 Å². The Morgan fingerprint density at radius 3 is 2.08 bits per heavy atom. The van der Waals surface area contributed by atoms with Crippen molar-refractivity contribution >= 4 is 28.6 Å². The van der Waals surface area contributed by atoms with Gasteiger partial charge in [-0.15, -0.1) is 0 Å². The summed E-state index contributed by atoms with van der Waals surface area (Å²) in [7, 11) is 0. The summed E-state index contributed by atoms with van der Waals surface area (Å²) in [6.07, 6.45) is -1.71. The predicted octanol–water partition coefficient (Wildman–Crippen LogP) is 5.61. The topological polar surface area (TPSA) is 91.3 Å². The summed E-state index contributed by atoms with van der Waals surface area (Å²) in [5.74, 6) is -3.83. The van der Waals surface area contributed by atoms with Gasteiger partial charge in [0, 0.05) is 29.1 Å². The molecule has 4 rings (SSSR count). The molecule has 1 amide bonds. The number of hydrogen-bond donors (Lipinski definition) is 3. The van der Waals surface area contributed by atoms with Crippen LogP contribution in [0.2, 0.25) is 0 Å². The molecule has 1 aromatic heterocycles. The molecule has 0 radical (unpaired) electrons. The highest BCUT2D eigenvalue weighted by Gasteiger charge is 2.38. The van der Waals surface area contributed by atoms with Gasteiger partial charge in [-0.2, -0.15) is 13.2 Å². The van der Waals surface area contributed by atoms with E-state index < -0.39 is 29.7 Å². The van der Waals surface area contributed by atoms with Gasteiger partial charge in [0.2, 0.25) is 0 Å². The molecule has 1 aliphatic rings. The molecule has 11 heteroatoms. The number of aryl methyl sites for hydroxylation is 1. The Kier molecular flexibility index (Phi) is 8.44. The van der Waals surface area contributed by atoms with Crippen LogP contribution in [-0.4, -0.2) is 40.2 Å². The van der Waals surface area contributed by atoms with Gasteiger partial charge in [0.05, 0.1) is 5.52 Å². The first kappa shape index (κ1) is 26.8. The van der Waals surface area contributed by atoms with Crippen molar-refractivity contribution in [2.75, 3.05) is 5.32 Å². The highest BCUT2D eigenvalue weighted by molar-refractivity contribution is 5.94. The Bertz CT molecular complexity index is 1220. The number of hydrogen-bond acceptors (Lipinski definition) is 4. The Morgan fingerprint density at radius 1 is 0.944 bits per heavy atom. The molecule has 1 saturated carbocycles. The van der Waals surface area contributed by atoms with Crippen molar-refractivity contribution < 1.29 is 36.6 Å². The van der Waals surface area contributed by atoms with E-state index in [-0.39, 0.29) is 17.6 Å². The number of halogens is 5. The lowest BCUT2D eigenvalue weighted by Crippen LogP contribution is -2.40. The number of nitrogens with one attached hydrogen (secondary N) is 2. The maximum Gasteiger partial charge on any atom is 0.490 e. The van der Waals surface area contributed by atoms with Crippen LogP contribution in [0.5, 0.6) is 0 Å². The molecule has 0 atom stereocenters. The zero-order valence-corrected chi connectivity index (χ0v) is 19.2. The Hall–Kier alpha value is -3.76. The number of anilines is 1. The molecular weight excluding hydrogens is 485 g/mol. The van der Waals surface area contributed by atoms with E-state index in [9.17, 15) is 26.7 Å². The fourth-order valence-electron chi connectivity index (χ4n) is 3.97. The lowest BCUT2D eigenvalue weighted by molar-refractivity contribution is -0.192. The number of fused-ring (bicyclic) bond motifs is 1. The summed E-state index contributed by atoms with van der Waals surface area (Å²) < 4.78 is 58.4. The van der Waals surface area contributed by atoms with Gasteiger partial charge < -0.3 is 15.7 Å². The molecule has 0 aliphatic heterocycles. The SMILES string of the molecule is Cc1cc(NC2CCC(NC(=O)c3cc(F)cc(F)c3)CC2)nc2ccccc12.O=C(O)C(F)(F)F. The number of aliphatic carboxylic acids is 1. The fourth-order valence-corrected chi connectivity index (χ4v) is 3.97. The fraction of sp³-hybridized carbons (Fsp3) is 0.320. The number of aromatic nitrogens is 1. The van der Waals surface area contributed by atoms with E-state index in [0.29, 0.717) is 0 Å². The van der Waals surface area contributed by atoms with E-state index in [0.717, 1.165) is 60.6 Å². The van der Waals surface area contributed by atoms with E-state index in [4.69, 9.17) is 14.9 Å². The number of carboxylic acids is 1. The van der Waals surface area contributed by atoms with Gasteiger partial charge in [-0.3, -0.25) is 4.79 Å². The second kappa shape index (κ2) is 11.3. The van der Waals surface area contributed by atoms with Gasteiger partial charge in [0.15, 0.2) is 0 Å². The zero-order chi connectivity index (χ0) is 26.5. The first-order valence-electron chi connectivity index (χ1n) is 11.1. The van der Waals surface area contributed by atoms with Gasteiger partial charge in [-0.1, -0.05) is 18.2 Å². The van der Waals surface area contributed by atoms with Crippen LogP contribution in [0.15, 0.2) is 48.5 Å². The smallest absolute Gasteiger partial charge is 0.475 e. The average Bonchev–Trinajstić information content (AvgIpc) is 2.79. The summed E-state index contributed by atoms with van der Waals surface area (Å²) >= 11 is 0. The Balaban J connectivity index is 0.000000454. The number of carboxylic acid groups (broad SMARTS) is 1. The van der Waals surface area contributed by atoms with Crippen LogP contribution in [0.4, 0.5) is 27.8 Å². The van der Waals surface area contributed by atoms with Gasteiger partial charge >= 0.3 is 12.1 Å². The highest BCUT2D eigenvalue weighted by Crippen LogP contribution is 2.25. The average molecular weight is 509 g/mol. The van der Waals surface area contributed by atoms with Crippen molar-refractivity contribution in [1.82, 2.24) is 10.3 Å². The number of carbonyl (C=O) groups excluding carboxylic acids is 1. The molecule has 0 saturated heterocycles. The summed E-state index contributed by atoms with van der Waals surface area (Å²) in [5, 5.41) is 14.7. The van der Waals surface area contributed by atoms with Crippen LogP contribution in [0.3, 0.4) is 0 Å². The maximum absolute atomic E-state index is 13.3. The third-order valence-corrected chi connectivity index (χ3v) is 5.70. The van der Waals surface area contributed by atoms with Gasteiger partial charge in [0.25, 0.3) is 5.91 Å². The zero-order valence-electron chi connectivity index (χ0n) is 19.2. The van der Waals surface area contributed by atoms with Crippen LogP contribution >= 0.6 is 0 Å². The van der Waals surface area contributed by atoms with Crippen molar-refractivity contribution in [3.8, 4) is 0 Å². The number of nitrogens with zero attached hydrogens (tertiary/aromatic N) is 1. The summed E-state index contributed by atoms with van der Waals surface area (Å²) in [4.78, 5) is 25.9. The van der Waals surface area contributed by atoms with Crippen LogP contribution < -0.4 is 10.6 Å². The lowest BCUT2D eigenvalue weighted by atomic mass is 9.91. The number of alkyl halides is 3. The molecule has 36 heavy (non-hydrogen) atoms. The first-order valence-corrected chi connectivity index (χ1v) is 11.1. The molecule has 6 nitrogen and oxygen atoms in total. The molecule has 0 unspecified atom stereocenters. The van der Waals surface area contributed by atoms with Crippen molar-refractivity contribution in [3.63, 3.8) is 0 Å². The van der Waals surface area contributed by atoms with E-state index >= 15 is 0 Å². The molecule has 2 aromatic carbocycles. The maximum atomic E-state index is 13.3. The van der Waals surface area contributed by atoms with Gasteiger partial charge in [-0.05, 0) is 62.4 Å². The quantitative estimate of drug-likeness (QED) is 0.398. The molecule has 3 aromatic rings. The number of para-hydroxylation sites is 1. The molecule has 3 N–H and O–H groups in total. The molecular formula is C25H24F5N3O3. The lowest BCUT2D eigenvalue weighted by Gasteiger charge is -2.30. The molecule has 192 valence electrons. The molecule has 0 spiro atoms. The molecule has 0 bridgehead atoms. The third-order valence-electron chi connectivity index (χ3n) is 5.70. The number of rotatable bonds is 4. The molecule has 1 heterocycles. The monoisotopic (exact) mass is 509 g/mol. The van der Waals surface area contributed by atoms with Crippen molar-refractivity contribution in [1.29, 1.82) is 0 Å². The minimum atomic E-state index is -5.08. The second-order valence-corrected chi connectivity index (χ2v) is 8.47. The van der Waals surface area contributed by atoms with Gasteiger partial charge in [-0.25, -0.2) is 18.6 Å². The number of benzene rings is 2. The van der Waals surface area contributed by atoms with E-state index in [1.165, 1.54) is 5.56 Å². The van der Waals surface area contributed by atoms with Crippen molar-refractivity contribution in [3.05, 3.63) is 71.3 Å². The highest BCUT2D eigenvalue weighted by atomic mass is 19.4. The van der Waals surface area contributed by atoms with Crippen LogP contribution in [0.1, 0.15) is 41.6 Å². The molecule has 1 aliphatic carbocycles. The van der Waals surface area contributed by atoms with Gasteiger partial charge in [0.1, 0.15) is 17.5 Å². The van der Waals surface area contributed by atoms with E-state index in [1.807, 2.05) is 18.2 Å². The van der Waals surface area contributed by atoms with Crippen LogP contribution in [0.25, 0.3) is 10.9 Å². The standard InChI is InChI=1S/C23H23F2N3O.C2HF3O2/c1-14-10-22(28-21-5-3-2-4-20(14)21)26-18-6-8-19(9-7-18)27-23(29)15-11-16(24)13-17(25)12-15;3-2(4,5)1(6)7/h2-5,10-13,18-19H,6-9H2,1H3,(H,26,28)(H,27,29);(H,6,7). The van der Waals surface area contributed by atoms with Crippen LogP contribution in [0, 0.1) is 18.6 Å². The predicted molar refractivity (Wildman–Crippen MR) is 124 cm³/mol. The van der Waals surface area contributed by atoms with Crippen LogP contribution in [-0.2, 0) is 4.79 Å². The minimum Gasteiger partial charge on any atom is -0.475 e. The second-order valence-electron chi connectivity index (χ2n) is 8.47. The largest absolute Gasteiger partial charge is 0.490 e. The number of carbonyl (C=O) groups is 2. The summed E-state index contributed by atoms with van der Waals surface area (Å²) in [6, 6.07) is 13.3. The Morgan fingerprint density at radius 2 is 1.50 bits per heavy atom. The van der Waals surface area contributed by atoms with E-state index in [1.54, 1.807) is 0 Å². The summed E-state index contributed by atoms with van der Waals surface area (Å²) in [6.45, 7) is 2.08.